The molecule has 0 bridgehead atoms. The number of aliphatic hydroxyl groups excluding tert-OH is 2. The second-order valence-corrected chi connectivity index (χ2v) is 3.06. The SMILES string of the molecule is N#Cc1ccc(C(O)C(O)CCl)nc1. The highest BCUT2D eigenvalue weighted by Gasteiger charge is 2.18. The molecule has 1 aromatic rings. The van der Waals surface area contributed by atoms with Gasteiger partial charge in [0.2, 0.25) is 0 Å². The van der Waals surface area contributed by atoms with Crippen molar-refractivity contribution in [1.82, 2.24) is 4.98 Å². The number of nitrogens with zero attached hydrogens (tertiary/aromatic N) is 2. The summed E-state index contributed by atoms with van der Waals surface area (Å²) >= 11 is 5.37. The maximum Gasteiger partial charge on any atom is 0.123 e. The lowest BCUT2D eigenvalue weighted by molar-refractivity contribution is 0.0300. The van der Waals surface area contributed by atoms with Gasteiger partial charge in [-0.2, -0.15) is 5.26 Å². The maximum atomic E-state index is 9.47. The Kier molecular flexibility index (Phi) is 3.84. The molecule has 1 heterocycles. The lowest BCUT2D eigenvalue weighted by atomic mass is 10.1. The first-order chi connectivity index (χ1) is 6.69. The van der Waals surface area contributed by atoms with Gasteiger partial charge < -0.3 is 10.2 Å². The quantitative estimate of drug-likeness (QED) is 0.719. The number of aromatic nitrogens is 1. The van der Waals surface area contributed by atoms with Crippen LogP contribution in [0.15, 0.2) is 18.3 Å². The zero-order valence-electron chi connectivity index (χ0n) is 7.26. The monoisotopic (exact) mass is 212 g/mol. The number of hydrogen-bond acceptors (Lipinski definition) is 4. The zero-order chi connectivity index (χ0) is 10.6. The molecular weight excluding hydrogens is 204 g/mol. The molecule has 0 aliphatic heterocycles. The van der Waals surface area contributed by atoms with Gasteiger partial charge in [-0.05, 0) is 12.1 Å². The van der Waals surface area contributed by atoms with Gasteiger partial charge in [0, 0.05) is 6.20 Å². The Labute approximate surface area is 86.4 Å². The number of halogens is 1. The standard InChI is InChI=1S/C9H9ClN2O2/c10-3-8(13)9(14)7-2-1-6(4-11)5-12-7/h1-2,5,8-9,13-14H,3H2. The Hall–Kier alpha value is -1.15. The van der Waals surface area contributed by atoms with Crippen LogP contribution in [0.2, 0.25) is 0 Å². The largest absolute Gasteiger partial charge is 0.389 e. The first-order valence-corrected chi connectivity index (χ1v) is 4.50. The van der Waals surface area contributed by atoms with Crippen LogP contribution in [0, 0.1) is 11.3 Å². The van der Waals surface area contributed by atoms with Crippen LogP contribution in [0.3, 0.4) is 0 Å². The van der Waals surface area contributed by atoms with E-state index in [4.69, 9.17) is 16.9 Å². The van der Waals surface area contributed by atoms with Crippen molar-refractivity contribution in [2.45, 2.75) is 12.2 Å². The van der Waals surface area contributed by atoms with E-state index in [2.05, 4.69) is 4.98 Å². The van der Waals surface area contributed by atoms with Gasteiger partial charge in [0.05, 0.1) is 23.2 Å². The van der Waals surface area contributed by atoms with E-state index in [1.165, 1.54) is 18.3 Å². The number of nitriles is 1. The molecule has 5 heteroatoms. The molecule has 14 heavy (non-hydrogen) atoms. The van der Waals surface area contributed by atoms with Crippen molar-refractivity contribution in [3.63, 3.8) is 0 Å². The first kappa shape index (κ1) is 10.9. The second-order valence-electron chi connectivity index (χ2n) is 2.75. The molecule has 0 radical (unpaired) electrons. The Morgan fingerprint density at radius 3 is 2.64 bits per heavy atom. The van der Waals surface area contributed by atoms with E-state index in [1.54, 1.807) is 0 Å². The third-order valence-corrected chi connectivity index (χ3v) is 2.06. The zero-order valence-corrected chi connectivity index (χ0v) is 8.02. The van der Waals surface area contributed by atoms with E-state index >= 15 is 0 Å². The minimum absolute atomic E-state index is 0.0666. The average molecular weight is 213 g/mol. The summed E-state index contributed by atoms with van der Waals surface area (Å²) < 4.78 is 0. The fraction of sp³-hybridized carbons (Fsp3) is 0.333. The van der Waals surface area contributed by atoms with Gasteiger partial charge in [0.1, 0.15) is 12.2 Å². The van der Waals surface area contributed by atoms with Crippen molar-refractivity contribution in [3.8, 4) is 6.07 Å². The summed E-state index contributed by atoms with van der Waals surface area (Å²) in [5.74, 6) is -0.0666. The highest BCUT2D eigenvalue weighted by molar-refractivity contribution is 6.18. The fourth-order valence-electron chi connectivity index (χ4n) is 0.928. The fourth-order valence-corrected chi connectivity index (χ4v) is 1.10. The first-order valence-electron chi connectivity index (χ1n) is 3.97. The highest BCUT2D eigenvalue weighted by Crippen LogP contribution is 2.15. The number of pyridine rings is 1. The summed E-state index contributed by atoms with van der Waals surface area (Å²) in [6.45, 7) is 0. The Balaban J connectivity index is 2.82. The van der Waals surface area contributed by atoms with Crippen molar-refractivity contribution in [1.29, 1.82) is 5.26 Å². The Morgan fingerprint density at radius 2 is 2.21 bits per heavy atom. The number of aliphatic hydroxyl groups is 2. The molecule has 2 atom stereocenters. The summed E-state index contributed by atoms with van der Waals surface area (Å²) in [5.41, 5.74) is 0.707. The molecule has 0 aliphatic carbocycles. The Morgan fingerprint density at radius 1 is 1.50 bits per heavy atom. The lowest BCUT2D eigenvalue weighted by Gasteiger charge is -2.14. The van der Waals surface area contributed by atoms with Gasteiger partial charge in [-0.3, -0.25) is 4.98 Å². The minimum atomic E-state index is -1.11. The molecule has 1 aromatic heterocycles. The summed E-state index contributed by atoms with van der Waals surface area (Å²) in [4.78, 5) is 3.83. The van der Waals surface area contributed by atoms with E-state index in [9.17, 15) is 10.2 Å². The molecule has 0 fully saturated rings. The number of alkyl halides is 1. The van der Waals surface area contributed by atoms with Crippen LogP contribution in [-0.2, 0) is 0 Å². The second kappa shape index (κ2) is 4.91. The number of rotatable bonds is 3. The molecule has 0 spiro atoms. The van der Waals surface area contributed by atoms with Crippen molar-refractivity contribution in [2.75, 3.05) is 5.88 Å². The summed E-state index contributed by atoms with van der Waals surface area (Å²) in [6.07, 6.45) is -0.822. The third-order valence-electron chi connectivity index (χ3n) is 1.74. The smallest absolute Gasteiger partial charge is 0.123 e. The van der Waals surface area contributed by atoms with Gasteiger partial charge in [-0.1, -0.05) is 0 Å². The maximum absolute atomic E-state index is 9.47. The normalized spacial score (nSPS) is 14.4. The van der Waals surface area contributed by atoms with Gasteiger partial charge in [-0.25, -0.2) is 0 Å². The van der Waals surface area contributed by atoms with E-state index in [0.717, 1.165) is 0 Å². The molecule has 0 amide bonds. The van der Waals surface area contributed by atoms with Crippen LogP contribution in [0.4, 0.5) is 0 Å². The van der Waals surface area contributed by atoms with Gasteiger partial charge in [0.15, 0.2) is 0 Å². The lowest BCUT2D eigenvalue weighted by Crippen LogP contribution is -2.20. The molecule has 0 aromatic carbocycles. The van der Waals surface area contributed by atoms with Gasteiger partial charge >= 0.3 is 0 Å². The van der Waals surface area contributed by atoms with E-state index in [1.807, 2.05) is 6.07 Å². The van der Waals surface area contributed by atoms with E-state index < -0.39 is 12.2 Å². The molecule has 1 rings (SSSR count). The Bertz CT molecular complexity index is 334. The molecular formula is C9H9ClN2O2. The highest BCUT2D eigenvalue weighted by atomic mass is 35.5. The molecule has 0 saturated heterocycles. The topological polar surface area (TPSA) is 77.1 Å². The van der Waals surface area contributed by atoms with Crippen LogP contribution in [-0.4, -0.2) is 27.2 Å². The summed E-state index contributed by atoms with van der Waals surface area (Å²) in [7, 11) is 0. The van der Waals surface area contributed by atoms with Crippen LogP contribution in [0.5, 0.6) is 0 Å². The predicted octanol–water partition coefficient (Wildman–Crippen LogP) is 0.586. The van der Waals surface area contributed by atoms with Crippen LogP contribution in [0.1, 0.15) is 17.4 Å². The molecule has 0 saturated carbocycles. The van der Waals surface area contributed by atoms with Gasteiger partial charge in [0.25, 0.3) is 0 Å². The van der Waals surface area contributed by atoms with E-state index in [-0.39, 0.29) is 5.88 Å². The summed E-state index contributed by atoms with van der Waals surface area (Å²) in [6, 6.07) is 4.91. The van der Waals surface area contributed by atoms with E-state index in [0.29, 0.717) is 11.3 Å². The van der Waals surface area contributed by atoms with Crippen molar-refractivity contribution in [2.24, 2.45) is 0 Å². The molecule has 2 unspecified atom stereocenters. The summed E-state index contributed by atoms with van der Waals surface area (Å²) in [5, 5.41) is 27.2. The van der Waals surface area contributed by atoms with Crippen LogP contribution in [0.25, 0.3) is 0 Å². The predicted molar refractivity (Wildman–Crippen MR) is 50.6 cm³/mol. The molecule has 2 N–H and O–H groups in total. The van der Waals surface area contributed by atoms with Crippen LogP contribution < -0.4 is 0 Å². The minimum Gasteiger partial charge on any atom is -0.389 e. The van der Waals surface area contributed by atoms with Crippen LogP contribution >= 0.6 is 11.6 Å². The van der Waals surface area contributed by atoms with Gasteiger partial charge in [-0.15, -0.1) is 11.6 Å². The average Bonchev–Trinajstić information content (AvgIpc) is 2.27. The third kappa shape index (κ3) is 2.42. The van der Waals surface area contributed by atoms with Crippen molar-refractivity contribution >= 4 is 11.6 Å². The molecule has 4 nitrogen and oxygen atoms in total. The number of hydrogen-bond donors (Lipinski definition) is 2. The molecule has 74 valence electrons. The van der Waals surface area contributed by atoms with Crippen molar-refractivity contribution < 1.29 is 10.2 Å². The van der Waals surface area contributed by atoms with Crippen molar-refractivity contribution in [3.05, 3.63) is 29.6 Å². The molecule has 0 aliphatic rings.